The first kappa shape index (κ1) is 21.7. The summed E-state index contributed by atoms with van der Waals surface area (Å²) in [6.45, 7) is 5.23. The van der Waals surface area contributed by atoms with E-state index in [2.05, 4.69) is 17.2 Å². The van der Waals surface area contributed by atoms with Gasteiger partial charge in [-0.25, -0.2) is 0 Å². The minimum Gasteiger partial charge on any atom is -0.493 e. The van der Waals surface area contributed by atoms with E-state index in [0.717, 1.165) is 34.9 Å². The van der Waals surface area contributed by atoms with Crippen LogP contribution >= 0.6 is 24.2 Å². The highest BCUT2D eigenvalue weighted by Crippen LogP contribution is 2.33. The second-order valence-electron chi connectivity index (χ2n) is 5.69. The van der Waals surface area contributed by atoms with Crippen LogP contribution in [0.2, 0.25) is 0 Å². The molecule has 1 saturated heterocycles. The van der Waals surface area contributed by atoms with E-state index in [9.17, 15) is 4.79 Å². The largest absolute Gasteiger partial charge is 0.493 e. The predicted octanol–water partition coefficient (Wildman–Crippen LogP) is 2.57. The van der Waals surface area contributed by atoms with Crippen LogP contribution in [0.25, 0.3) is 0 Å². The summed E-state index contributed by atoms with van der Waals surface area (Å²) in [7, 11) is 3.24. The van der Waals surface area contributed by atoms with Gasteiger partial charge in [0.25, 0.3) is 0 Å². The molecule has 0 bridgehead atoms. The van der Waals surface area contributed by atoms with Crippen LogP contribution in [-0.4, -0.2) is 44.2 Å². The minimum absolute atomic E-state index is 0. The Morgan fingerprint density at radius 1 is 1.44 bits per heavy atom. The van der Waals surface area contributed by atoms with Gasteiger partial charge in [-0.3, -0.25) is 4.79 Å². The molecule has 1 unspecified atom stereocenters. The highest BCUT2D eigenvalue weighted by atomic mass is 35.5. The zero-order chi connectivity index (χ0) is 17.4. The molecule has 25 heavy (non-hydrogen) atoms. The molecule has 1 aromatic rings. The zero-order valence-electron chi connectivity index (χ0n) is 14.8. The lowest BCUT2D eigenvalue weighted by Crippen LogP contribution is -2.41. The van der Waals surface area contributed by atoms with Crippen molar-refractivity contribution < 1.29 is 14.3 Å². The molecule has 1 fully saturated rings. The molecular weight excluding hydrogens is 360 g/mol. The first-order valence-corrected chi connectivity index (χ1v) is 9.26. The molecule has 1 aliphatic rings. The summed E-state index contributed by atoms with van der Waals surface area (Å²) in [5.74, 6) is 3.57. The topological polar surface area (TPSA) is 59.6 Å². The lowest BCUT2D eigenvalue weighted by molar-refractivity contribution is -0.121. The fourth-order valence-corrected chi connectivity index (χ4v) is 3.71. The van der Waals surface area contributed by atoms with Crippen molar-refractivity contribution in [3.63, 3.8) is 0 Å². The van der Waals surface area contributed by atoms with Gasteiger partial charge in [-0.1, -0.05) is 6.08 Å². The Labute approximate surface area is 160 Å². The smallest absolute Gasteiger partial charge is 0.221 e. The van der Waals surface area contributed by atoms with Crippen molar-refractivity contribution in [2.45, 2.75) is 25.4 Å². The van der Waals surface area contributed by atoms with Crippen LogP contribution in [0, 0.1) is 0 Å². The average molecular weight is 387 g/mol. The second-order valence-corrected chi connectivity index (χ2v) is 6.84. The number of allylic oxidation sites excluding steroid dienone is 1. The standard InChI is InChI=1S/C18H26N2O3S.ClH/c1-4-5-14-8-13(9-16(22-2)18(14)23-3)11-20-17(21)10-15-12-24-7-6-19-15;/h4,8-9,15,19H,1,5-7,10-12H2,2-3H3,(H,20,21);1H. The first-order chi connectivity index (χ1) is 11.7. The maximum atomic E-state index is 12.1. The Bertz CT molecular complexity index is 578. The average Bonchev–Trinajstić information content (AvgIpc) is 2.60. The number of hydrogen-bond acceptors (Lipinski definition) is 5. The van der Waals surface area contributed by atoms with Gasteiger partial charge in [-0.15, -0.1) is 19.0 Å². The molecule has 0 aromatic heterocycles. The summed E-state index contributed by atoms with van der Waals surface area (Å²) in [6, 6.07) is 4.20. The summed E-state index contributed by atoms with van der Waals surface area (Å²) in [4.78, 5) is 12.1. The van der Waals surface area contributed by atoms with Crippen molar-refractivity contribution in [1.82, 2.24) is 10.6 Å². The number of carbonyl (C=O) groups excluding carboxylic acids is 1. The third-order valence-electron chi connectivity index (χ3n) is 3.90. The lowest BCUT2D eigenvalue weighted by atomic mass is 10.1. The summed E-state index contributed by atoms with van der Waals surface area (Å²) in [5.41, 5.74) is 1.99. The number of hydrogen-bond donors (Lipinski definition) is 2. The van der Waals surface area contributed by atoms with Crippen molar-refractivity contribution >= 4 is 30.1 Å². The third kappa shape index (κ3) is 6.45. The number of methoxy groups -OCH3 is 2. The Morgan fingerprint density at radius 3 is 2.84 bits per heavy atom. The fourth-order valence-electron chi connectivity index (χ4n) is 2.76. The second kappa shape index (κ2) is 11.3. The maximum absolute atomic E-state index is 12.1. The fraction of sp³-hybridized carbons (Fsp3) is 0.500. The molecule has 1 aliphatic heterocycles. The number of halogens is 1. The molecule has 1 atom stereocenters. The number of ether oxygens (including phenoxy) is 2. The Balaban J connectivity index is 0.00000312. The van der Waals surface area contributed by atoms with Crippen molar-refractivity contribution in [3.8, 4) is 11.5 Å². The lowest BCUT2D eigenvalue weighted by Gasteiger charge is -2.22. The van der Waals surface area contributed by atoms with E-state index in [1.165, 1.54) is 0 Å². The molecule has 0 aliphatic carbocycles. The zero-order valence-corrected chi connectivity index (χ0v) is 16.4. The molecule has 1 amide bonds. The number of nitrogens with one attached hydrogen (secondary N) is 2. The summed E-state index contributed by atoms with van der Waals surface area (Å²) in [5, 5.41) is 6.37. The number of carbonyl (C=O) groups is 1. The van der Waals surface area contributed by atoms with Gasteiger partial charge in [0.15, 0.2) is 11.5 Å². The van der Waals surface area contributed by atoms with E-state index >= 15 is 0 Å². The molecule has 5 nitrogen and oxygen atoms in total. The van der Waals surface area contributed by atoms with Gasteiger partial charge >= 0.3 is 0 Å². The minimum atomic E-state index is 0. The highest BCUT2D eigenvalue weighted by molar-refractivity contribution is 7.99. The van der Waals surface area contributed by atoms with Gasteiger partial charge in [0.1, 0.15) is 0 Å². The van der Waals surface area contributed by atoms with Crippen molar-refractivity contribution in [2.24, 2.45) is 0 Å². The van der Waals surface area contributed by atoms with Gasteiger partial charge < -0.3 is 20.1 Å². The SMILES string of the molecule is C=CCc1cc(CNC(=O)CC2CSCCN2)cc(OC)c1OC.Cl. The molecular formula is C18H27ClN2O3S. The molecule has 2 rings (SSSR count). The number of thioether (sulfide) groups is 1. The Kier molecular flexibility index (Phi) is 9.78. The monoisotopic (exact) mass is 386 g/mol. The quantitative estimate of drug-likeness (QED) is 0.672. The van der Waals surface area contributed by atoms with Crippen molar-refractivity contribution in [1.29, 1.82) is 0 Å². The van der Waals surface area contributed by atoms with E-state index in [1.54, 1.807) is 14.2 Å². The van der Waals surface area contributed by atoms with Crippen LogP contribution < -0.4 is 20.1 Å². The number of rotatable bonds is 8. The van der Waals surface area contributed by atoms with E-state index in [1.807, 2.05) is 30.0 Å². The van der Waals surface area contributed by atoms with Crippen LogP contribution in [0.5, 0.6) is 11.5 Å². The molecule has 7 heteroatoms. The molecule has 0 spiro atoms. The van der Waals surface area contributed by atoms with Crippen LogP contribution in [0.4, 0.5) is 0 Å². The van der Waals surface area contributed by atoms with Crippen LogP contribution in [0.3, 0.4) is 0 Å². The Morgan fingerprint density at radius 2 is 2.24 bits per heavy atom. The van der Waals surface area contributed by atoms with Crippen molar-refractivity contribution in [2.75, 3.05) is 32.3 Å². The summed E-state index contributed by atoms with van der Waals surface area (Å²) < 4.78 is 10.8. The van der Waals surface area contributed by atoms with Gasteiger partial charge in [-0.2, -0.15) is 11.8 Å². The van der Waals surface area contributed by atoms with Gasteiger partial charge in [0, 0.05) is 42.6 Å². The molecule has 1 aromatic carbocycles. The van der Waals surface area contributed by atoms with Crippen molar-refractivity contribution in [3.05, 3.63) is 35.9 Å². The molecule has 1 heterocycles. The third-order valence-corrected chi connectivity index (χ3v) is 5.03. The Hall–Kier alpha value is -1.37. The van der Waals surface area contributed by atoms with E-state index < -0.39 is 0 Å². The number of amides is 1. The molecule has 0 saturated carbocycles. The van der Waals surface area contributed by atoms with Gasteiger partial charge in [-0.05, 0) is 24.1 Å². The van der Waals surface area contributed by atoms with E-state index in [0.29, 0.717) is 25.1 Å². The first-order valence-electron chi connectivity index (χ1n) is 8.10. The number of benzene rings is 1. The predicted molar refractivity (Wildman–Crippen MR) is 106 cm³/mol. The van der Waals surface area contributed by atoms with Crippen LogP contribution in [0.1, 0.15) is 17.5 Å². The molecule has 2 N–H and O–H groups in total. The van der Waals surface area contributed by atoms with Gasteiger partial charge in [0.2, 0.25) is 5.91 Å². The van der Waals surface area contributed by atoms with Crippen LogP contribution in [0.15, 0.2) is 24.8 Å². The van der Waals surface area contributed by atoms with E-state index in [-0.39, 0.29) is 24.4 Å². The van der Waals surface area contributed by atoms with Gasteiger partial charge in [0.05, 0.1) is 14.2 Å². The maximum Gasteiger partial charge on any atom is 0.221 e. The normalized spacial score (nSPS) is 16.5. The summed E-state index contributed by atoms with van der Waals surface area (Å²) in [6.07, 6.45) is 3.02. The van der Waals surface area contributed by atoms with Crippen LogP contribution in [-0.2, 0) is 17.8 Å². The molecule has 0 radical (unpaired) electrons. The highest BCUT2D eigenvalue weighted by Gasteiger charge is 2.17. The summed E-state index contributed by atoms with van der Waals surface area (Å²) >= 11 is 1.89. The van der Waals surface area contributed by atoms with E-state index in [4.69, 9.17) is 9.47 Å². The molecule has 140 valence electrons.